The van der Waals surface area contributed by atoms with Gasteiger partial charge in [-0.25, -0.2) is 5.43 Å². The number of nitrogens with one attached hydrogen (secondary N) is 2. The molecule has 0 bridgehead atoms. The van der Waals surface area contributed by atoms with E-state index in [1.54, 1.807) is 49.4 Å². The molecule has 4 rings (SSSR count). The largest absolute Gasteiger partial charge is 0.493 e. The first-order valence-electron chi connectivity index (χ1n) is 13.3. The summed E-state index contributed by atoms with van der Waals surface area (Å²) in [7, 11) is 1.50. The van der Waals surface area contributed by atoms with Crippen LogP contribution in [0.15, 0.2) is 84.0 Å². The Kier molecular flexibility index (Phi) is 11.7. The maximum absolute atomic E-state index is 12.8. The number of nitrogens with zero attached hydrogens (tertiary/aromatic N) is 1. The maximum Gasteiger partial charge on any atom is 0.271 e. The zero-order valence-corrected chi connectivity index (χ0v) is 26.0. The molecule has 2 N–H and O–H groups in total. The van der Waals surface area contributed by atoms with Gasteiger partial charge in [-0.2, -0.15) is 5.10 Å². The fourth-order valence-corrected chi connectivity index (χ4v) is 4.44. The molecule has 0 aliphatic heterocycles. The molecular formula is C32H28Cl3N3O6. The molecule has 0 spiro atoms. The molecule has 12 heteroatoms. The van der Waals surface area contributed by atoms with Crippen molar-refractivity contribution in [3.8, 4) is 23.0 Å². The third kappa shape index (κ3) is 9.03. The summed E-state index contributed by atoms with van der Waals surface area (Å²) in [5, 5.41) is 7.57. The minimum atomic E-state index is -0.460. The normalized spacial score (nSPS) is 10.8. The van der Waals surface area contributed by atoms with Crippen LogP contribution >= 0.6 is 34.8 Å². The third-order valence-corrected chi connectivity index (χ3v) is 6.95. The second kappa shape index (κ2) is 15.9. The molecule has 0 fully saturated rings. The smallest absolute Gasteiger partial charge is 0.271 e. The van der Waals surface area contributed by atoms with Gasteiger partial charge in [-0.3, -0.25) is 9.59 Å². The zero-order chi connectivity index (χ0) is 31.5. The van der Waals surface area contributed by atoms with Crippen molar-refractivity contribution in [3.63, 3.8) is 0 Å². The van der Waals surface area contributed by atoms with E-state index >= 15 is 0 Å². The molecule has 0 aliphatic carbocycles. The quantitative estimate of drug-likeness (QED) is 0.115. The fraction of sp³-hybridized carbons (Fsp3) is 0.156. The molecule has 0 radical (unpaired) electrons. The summed E-state index contributed by atoms with van der Waals surface area (Å²) in [5.41, 5.74) is 4.79. The molecule has 0 saturated carbocycles. The number of benzene rings is 4. The van der Waals surface area contributed by atoms with E-state index in [0.29, 0.717) is 57.3 Å². The van der Waals surface area contributed by atoms with Gasteiger partial charge in [-0.05, 0) is 66.6 Å². The highest BCUT2D eigenvalue weighted by atomic mass is 35.5. The fourth-order valence-electron chi connectivity index (χ4n) is 3.87. The summed E-state index contributed by atoms with van der Waals surface area (Å²) in [4.78, 5) is 25.2. The van der Waals surface area contributed by atoms with Gasteiger partial charge in [0.1, 0.15) is 6.61 Å². The lowest BCUT2D eigenvalue weighted by Gasteiger charge is -2.14. The number of hydrogen-bond acceptors (Lipinski definition) is 7. The Labute approximate surface area is 269 Å². The Morgan fingerprint density at radius 1 is 0.818 bits per heavy atom. The van der Waals surface area contributed by atoms with Crippen LogP contribution in [0.1, 0.15) is 28.4 Å². The van der Waals surface area contributed by atoms with Gasteiger partial charge in [-0.1, -0.05) is 65.1 Å². The van der Waals surface area contributed by atoms with Crippen LogP contribution in [-0.2, 0) is 11.4 Å². The summed E-state index contributed by atoms with van der Waals surface area (Å²) in [6.07, 6.45) is 1.40. The first-order valence-corrected chi connectivity index (χ1v) is 14.4. The highest BCUT2D eigenvalue weighted by molar-refractivity contribution is 6.42. The maximum atomic E-state index is 12.8. The molecule has 2 amide bonds. The number of amides is 2. The molecule has 0 atom stereocenters. The number of ether oxygens (including phenoxy) is 4. The van der Waals surface area contributed by atoms with Crippen molar-refractivity contribution in [1.82, 2.24) is 5.43 Å². The van der Waals surface area contributed by atoms with E-state index in [2.05, 4.69) is 15.8 Å². The second-order valence-corrected chi connectivity index (χ2v) is 10.3. The number of carbonyl (C=O) groups is 2. The van der Waals surface area contributed by atoms with E-state index in [9.17, 15) is 9.59 Å². The average molecular weight is 657 g/mol. The Morgan fingerprint density at radius 3 is 2.34 bits per heavy atom. The van der Waals surface area contributed by atoms with E-state index in [0.717, 1.165) is 5.56 Å². The third-order valence-electron chi connectivity index (χ3n) is 5.93. The molecule has 0 aliphatic rings. The minimum absolute atomic E-state index is 0.181. The molecule has 0 unspecified atom stereocenters. The van der Waals surface area contributed by atoms with Gasteiger partial charge in [0.05, 0.1) is 35.0 Å². The van der Waals surface area contributed by atoms with Crippen molar-refractivity contribution in [2.24, 2.45) is 5.10 Å². The first-order chi connectivity index (χ1) is 21.3. The average Bonchev–Trinajstić information content (AvgIpc) is 3.02. The van der Waals surface area contributed by atoms with Gasteiger partial charge in [0.2, 0.25) is 0 Å². The Morgan fingerprint density at radius 2 is 1.61 bits per heavy atom. The lowest BCUT2D eigenvalue weighted by atomic mass is 10.2. The number of halogens is 3. The van der Waals surface area contributed by atoms with Gasteiger partial charge >= 0.3 is 0 Å². The summed E-state index contributed by atoms with van der Waals surface area (Å²) in [6, 6.07) is 22.5. The first kappa shape index (κ1) is 32.5. The van der Waals surface area contributed by atoms with Crippen molar-refractivity contribution in [2.45, 2.75) is 13.5 Å². The summed E-state index contributed by atoms with van der Waals surface area (Å²) < 4.78 is 22.6. The van der Waals surface area contributed by atoms with Crippen LogP contribution in [0.2, 0.25) is 15.1 Å². The van der Waals surface area contributed by atoms with Gasteiger partial charge in [0, 0.05) is 11.3 Å². The number of anilines is 1. The van der Waals surface area contributed by atoms with E-state index < -0.39 is 11.8 Å². The van der Waals surface area contributed by atoms with Crippen LogP contribution in [0, 0.1) is 0 Å². The molecule has 4 aromatic carbocycles. The SMILES string of the molecule is CCOc1cc(/C=N/NC(=O)c2ccc(OCc3ccccc3)c(OC)c2)cc(Cl)c1OCC(=O)Nc1ccc(Cl)c(Cl)c1. The van der Waals surface area contributed by atoms with Gasteiger partial charge in [0.15, 0.2) is 29.6 Å². The molecule has 0 heterocycles. The number of hydrogen-bond donors (Lipinski definition) is 2. The zero-order valence-electron chi connectivity index (χ0n) is 23.7. The summed E-state index contributed by atoms with van der Waals surface area (Å²) in [5.74, 6) is 0.489. The van der Waals surface area contributed by atoms with E-state index in [1.807, 2.05) is 30.3 Å². The van der Waals surface area contributed by atoms with Crippen LogP contribution < -0.4 is 29.7 Å². The van der Waals surface area contributed by atoms with Crippen molar-refractivity contribution in [1.29, 1.82) is 0 Å². The van der Waals surface area contributed by atoms with Crippen LogP contribution in [0.5, 0.6) is 23.0 Å². The van der Waals surface area contributed by atoms with E-state index in [1.165, 1.54) is 19.4 Å². The van der Waals surface area contributed by atoms with E-state index in [4.69, 9.17) is 53.8 Å². The molecule has 0 saturated heterocycles. The monoisotopic (exact) mass is 655 g/mol. The van der Waals surface area contributed by atoms with Crippen LogP contribution in [0.3, 0.4) is 0 Å². The Balaban J connectivity index is 1.37. The molecular weight excluding hydrogens is 629 g/mol. The number of rotatable bonds is 13. The predicted molar refractivity (Wildman–Crippen MR) is 172 cm³/mol. The van der Waals surface area contributed by atoms with Crippen LogP contribution in [0.4, 0.5) is 5.69 Å². The summed E-state index contributed by atoms with van der Waals surface area (Å²) >= 11 is 18.4. The summed E-state index contributed by atoms with van der Waals surface area (Å²) in [6.45, 7) is 2.12. The molecule has 9 nitrogen and oxygen atoms in total. The lowest BCUT2D eigenvalue weighted by molar-refractivity contribution is -0.118. The van der Waals surface area contributed by atoms with Crippen LogP contribution in [0.25, 0.3) is 0 Å². The standard InChI is InChI=1S/C32H28Cl3N3O6/c1-3-42-29-14-21(13-26(35)31(29)44-19-30(39)37-23-10-11-24(33)25(34)16-23)17-36-38-32(40)22-9-12-27(28(15-22)41-2)43-18-20-7-5-4-6-8-20/h4-17H,3,18-19H2,1-2H3,(H,37,39)(H,38,40)/b36-17+. The molecule has 228 valence electrons. The van der Waals surface area contributed by atoms with Gasteiger partial charge < -0.3 is 24.3 Å². The Hall–Kier alpha value is -4.44. The Bertz CT molecular complexity index is 1650. The number of hydrazone groups is 1. The van der Waals surface area contributed by atoms with Crippen LogP contribution in [-0.4, -0.2) is 38.4 Å². The van der Waals surface area contributed by atoms with Crippen molar-refractivity contribution in [2.75, 3.05) is 25.6 Å². The highest BCUT2D eigenvalue weighted by Crippen LogP contribution is 2.36. The van der Waals surface area contributed by atoms with Crippen molar-refractivity contribution >= 4 is 58.5 Å². The van der Waals surface area contributed by atoms with Crippen molar-refractivity contribution < 1.29 is 28.5 Å². The predicted octanol–water partition coefficient (Wildman–Crippen LogP) is 7.41. The highest BCUT2D eigenvalue weighted by Gasteiger charge is 2.15. The molecule has 44 heavy (non-hydrogen) atoms. The second-order valence-electron chi connectivity index (χ2n) is 9.07. The van der Waals surface area contributed by atoms with Gasteiger partial charge in [-0.15, -0.1) is 0 Å². The molecule has 0 aromatic heterocycles. The minimum Gasteiger partial charge on any atom is -0.493 e. The lowest BCUT2D eigenvalue weighted by Crippen LogP contribution is -2.20. The topological polar surface area (TPSA) is 107 Å². The number of carbonyl (C=O) groups excluding carboxylic acids is 2. The number of methoxy groups -OCH3 is 1. The van der Waals surface area contributed by atoms with Gasteiger partial charge in [0.25, 0.3) is 11.8 Å². The van der Waals surface area contributed by atoms with E-state index in [-0.39, 0.29) is 17.4 Å². The van der Waals surface area contributed by atoms with Crippen molar-refractivity contribution in [3.05, 3.63) is 111 Å². The molecule has 4 aromatic rings.